The molecule has 1 N–H and O–H groups in total. The molecule has 0 aromatic heterocycles. The molecule has 0 aliphatic heterocycles. The normalized spacial score (nSPS) is 10.3. The Labute approximate surface area is 191 Å². The van der Waals surface area contributed by atoms with E-state index in [1.807, 2.05) is 30.3 Å². The third kappa shape index (κ3) is 6.18. The quantitative estimate of drug-likeness (QED) is 0.523. The van der Waals surface area contributed by atoms with Crippen molar-refractivity contribution >= 4 is 35.1 Å². The molecule has 0 heterocycles. The molecule has 0 spiro atoms. The largest absolute Gasteiger partial charge is 0.452 e. The average Bonchev–Trinajstić information content (AvgIpc) is 2.83. The monoisotopic (exact) mass is 450 g/mol. The van der Waals surface area contributed by atoms with Gasteiger partial charge in [0.15, 0.2) is 6.61 Å². The van der Waals surface area contributed by atoms with E-state index < -0.39 is 18.5 Å². The van der Waals surface area contributed by atoms with Crippen molar-refractivity contribution in [3.8, 4) is 0 Å². The van der Waals surface area contributed by atoms with Crippen molar-refractivity contribution in [2.24, 2.45) is 0 Å². The maximum Gasteiger partial charge on any atom is 0.339 e. The van der Waals surface area contributed by atoms with Crippen LogP contribution in [0, 0.1) is 0 Å². The topological polar surface area (TPSA) is 75.7 Å². The van der Waals surface area contributed by atoms with Crippen molar-refractivity contribution in [1.82, 2.24) is 5.32 Å². The van der Waals surface area contributed by atoms with E-state index in [9.17, 15) is 14.4 Å². The van der Waals surface area contributed by atoms with Gasteiger partial charge in [0, 0.05) is 24.3 Å². The van der Waals surface area contributed by atoms with Crippen LogP contribution >= 0.6 is 11.6 Å². The van der Waals surface area contributed by atoms with Gasteiger partial charge < -0.3 is 15.0 Å². The van der Waals surface area contributed by atoms with Crippen molar-refractivity contribution in [2.75, 3.05) is 25.1 Å². The van der Waals surface area contributed by atoms with Crippen molar-refractivity contribution in [3.05, 3.63) is 101 Å². The van der Waals surface area contributed by atoms with Gasteiger partial charge in [0.1, 0.15) is 0 Å². The number of amides is 2. The SMILES string of the molecule is CN(C(=O)c1ccccc1C(=O)OCC(=O)NCCc1ccc(Cl)cc1)c1ccccc1. The van der Waals surface area contributed by atoms with E-state index in [1.165, 1.54) is 11.0 Å². The second kappa shape index (κ2) is 11.1. The highest BCUT2D eigenvalue weighted by Crippen LogP contribution is 2.18. The first kappa shape index (κ1) is 23.0. The smallest absolute Gasteiger partial charge is 0.339 e. The van der Waals surface area contributed by atoms with E-state index in [2.05, 4.69) is 5.32 Å². The zero-order valence-electron chi connectivity index (χ0n) is 17.6. The first-order chi connectivity index (χ1) is 15.5. The lowest BCUT2D eigenvalue weighted by Crippen LogP contribution is -2.31. The van der Waals surface area contributed by atoms with Gasteiger partial charge >= 0.3 is 5.97 Å². The fourth-order valence-electron chi connectivity index (χ4n) is 3.05. The van der Waals surface area contributed by atoms with E-state index in [0.29, 0.717) is 23.7 Å². The molecule has 2 amide bonds. The summed E-state index contributed by atoms with van der Waals surface area (Å²) in [5.41, 5.74) is 2.03. The van der Waals surface area contributed by atoms with Gasteiger partial charge in [-0.05, 0) is 48.4 Å². The van der Waals surface area contributed by atoms with Gasteiger partial charge in [0.2, 0.25) is 0 Å². The molecule has 0 atom stereocenters. The minimum Gasteiger partial charge on any atom is -0.452 e. The average molecular weight is 451 g/mol. The maximum atomic E-state index is 12.9. The molecule has 3 rings (SSSR count). The van der Waals surface area contributed by atoms with Gasteiger partial charge in [-0.15, -0.1) is 0 Å². The number of carbonyl (C=O) groups excluding carboxylic acids is 3. The number of anilines is 1. The molecule has 0 radical (unpaired) electrons. The number of hydrogen-bond donors (Lipinski definition) is 1. The predicted molar refractivity (Wildman–Crippen MR) is 124 cm³/mol. The molecule has 164 valence electrons. The Hall–Kier alpha value is -3.64. The van der Waals surface area contributed by atoms with Crippen molar-refractivity contribution in [2.45, 2.75) is 6.42 Å². The molecule has 0 bridgehead atoms. The molecule has 6 nitrogen and oxygen atoms in total. The molecule has 0 aliphatic rings. The van der Waals surface area contributed by atoms with Gasteiger partial charge in [-0.25, -0.2) is 4.79 Å². The van der Waals surface area contributed by atoms with Crippen LogP contribution in [0.4, 0.5) is 5.69 Å². The van der Waals surface area contributed by atoms with Crippen LogP contribution in [0.3, 0.4) is 0 Å². The standard InChI is InChI=1S/C25H23ClN2O4/c1-28(20-7-3-2-4-8-20)24(30)21-9-5-6-10-22(21)25(31)32-17-23(29)27-16-15-18-11-13-19(26)14-12-18/h2-14H,15-17H2,1H3,(H,27,29). The van der Waals surface area contributed by atoms with Crippen molar-refractivity contribution in [1.29, 1.82) is 0 Å². The molecule has 7 heteroatoms. The number of nitrogens with zero attached hydrogens (tertiary/aromatic N) is 1. The summed E-state index contributed by atoms with van der Waals surface area (Å²) in [7, 11) is 1.63. The Bertz CT molecular complexity index is 1080. The maximum absolute atomic E-state index is 12.9. The molecular weight excluding hydrogens is 428 g/mol. The molecule has 0 unspecified atom stereocenters. The van der Waals surface area contributed by atoms with Crippen molar-refractivity contribution < 1.29 is 19.1 Å². The molecule has 0 saturated heterocycles. The third-order valence-corrected chi connectivity index (χ3v) is 5.06. The Morgan fingerprint density at radius 3 is 2.19 bits per heavy atom. The lowest BCUT2D eigenvalue weighted by molar-refractivity contribution is -0.124. The summed E-state index contributed by atoms with van der Waals surface area (Å²) in [6.07, 6.45) is 0.625. The van der Waals surface area contributed by atoms with Crippen LogP contribution in [0.1, 0.15) is 26.3 Å². The lowest BCUT2D eigenvalue weighted by atomic mass is 10.1. The molecule has 0 aliphatic carbocycles. The van der Waals surface area contributed by atoms with Crippen LogP contribution in [0.5, 0.6) is 0 Å². The minimum atomic E-state index is -0.733. The summed E-state index contributed by atoms with van der Waals surface area (Å²) in [6.45, 7) is -0.0363. The summed E-state index contributed by atoms with van der Waals surface area (Å²) in [5, 5.41) is 3.36. The van der Waals surface area contributed by atoms with Crippen LogP contribution < -0.4 is 10.2 Å². The lowest BCUT2D eigenvalue weighted by Gasteiger charge is -2.18. The van der Waals surface area contributed by atoms with Crippen LogP contribution in [-0.4, -0.2) is 38.0 Å². The van der Waals surface area contributed by atoms with Gasteiger partial charge in [0.25, 0.3) is 11.8 Å². The number of nitrogens with one attached hydrogen (secondary N) is 1. The van der Waals surface area contributed by atoms with Gasteiger partial charge in [-0.1, -0.05) is 54.1 Å². The fraction of sp³-hybridized carbons (Fsp3) is 0.160. The van der Waals surface area contributed by atoms with Crippen LogP contribution in [-0.2, 0) is 16.0 Å². The van der Waals surface area contributed by atoms with E-state index in [-0.39, 0.29) is 17.0 Å². The summed E-state index contributed by atoms with van der Waals surface area (Å²) < 4.78 is 5.15. The summed E-state index contributed by atoms with van der Waals surface area (Å²) in [5.74, 6) is -1.50. The summed E-state index contributed by atoms with van der Waals surface area (Å²) in [4.78, 5) is 39.0. The first-order valence-electron chi connectivity index (χ1n) is 10.1. The predicted octanol–water partition coefficient (Wildman–Crippen LogP) is 4.13. The number of halogens is 1. The number of hydrogen-bond acceptors (Lipinski definition) is 4. The first-order valence-corrected chi connectivity index (χ1v) is 10.4. The summed E-state index contributed by atoms with van der Waals surface area (Å²) >= 11 is 5.85. The van der Waals surface area contributed by atoms with E-state index in [0.717, 1.165) is 5.56 Å². The highest BCUT2D eigenvalue weighted by Gasteiger charge is 2.22. The number of rotatable bonds is 8. The molecule has 32 heavy (non-hydrogen) atoms. The highest BCUT2D eigenvalue weighted by molar-refractivity contribution is 6.30. The second-order valence-electron chi connectivity index (χ2n) is 7.05. The third-order valence-electron chi connectivity index (χ3n) is 4.81. The fourth-order valence-corrected chi connectivity index (χ4v) is 3.18. The van der Waals surface area contributed by atoms with Crippen LogP contribution in [0.2, 0.25) is 5.02 Å². The van der Waals surface area contributed by atoms with E-state index >= 15 is 0 Å². The molecule has 0 fully saturated rings. The molecular formula is C25H23ClN2O4. The number of ether oxygens (including phenoxy) is 1. The number of benzene rings is 3. The Morgan fingerprint density at radius 2 is 1.50 bits per heavy atom. The Morgan fingerprint density at radius 1 is 0.875 bits per heavy atom. The second-order valence-corrected chi connectivity index (χ2v) is 7.48. The highest BCUT2D eigenvalue weighted by atomic mass is 35.5. The van der Waals surface area contributed by atoms with Crippen LogP contribution in [0.15, 0.2) is 78.9 Å². The Balaban J connectivity index is 1.55. The van der Waals surface area contributed by atoms with E-state index in [1.54, 1.807) is 49.5 Å². The number of esters is 1. The molecule has 3 aromatic carbocycles. The van der Waals surface area contributed by atoms with E-state index in [4.69, 9.17) is 16.3 Å². The number of para-hydroxylation sites is 1. The van der Waals surface area contributed by atoms with Gasteiger partial charge in [-0.3, -0.25) is 9.59 Å². The molecule has 0 saturated carbocycles. The van der Waals surface area contributed by atoms with Crippen LogP contribution in [0.25, 0.3) is 0 Å². The minimum absolute atomic E-state index is 0.106. The van der Waals surface area contributed by atoms with Crippen molar-refractivity contribution in [3.63, 3.8) is 0 Å². The number of carbonyl (C=O) groups is 3. The molecule has 3 aromatic rings. The zero-order chi connectivity index (χ0) is 22.9. The zero-order valence-corrected chi connectivity index (χ0v) is 18.3. The summed E-state index contributed by atoms with van der Waals surface area (Å²) in [6, 6.07) is 22.8. The Kier molecular flexibility index (Phi) is 8.00. The van der Waals surface area contributed by atoms with Gasteiger partial charge in [-0.2, -0.15) is 0 Å². The van der Waals surface area contributed by atoms with Gasteiger partial charge in [0.05, 0.1) is 11.1 Å².